The molecule has 1 aliphatic heterocycles. The van der Waals surface area contributed by atoms with Crippen molar-refractivity contribution in [1.29, 1.82) is 0 Å². The van der Waals surface area contributed by atoms with Crippen molar-refractivity contribution in [2.75, 3.05) is 18.0 Å². The lowest BCUT2D eigenvalue weighted by Crippen LogP contribution is -2.32. The summed E-state index contributed by atoms with van der Waals surface area (Å²) in [5.74, 6) is 1.83. The van der Waals surface area contributed by atoms with E-state index in [-0.39, 0.29) is 6.04 Å². The Kier molecular flexibility index (Phi) is 3.98. The van der Waals surface area contributed by atoms with Crippen molar-refractivity contribution in [2.24, 2.45) is 0 Å². The minimum Gasteiger partial charge on any atom is -0.381 e. The molecule has 7 heteroatoms. The van der Waals surface area contributed by atoms with E-state index in [1.807, 2.05) is 13.1 Å². The molecule has 1 aliphatic carbocycles. The topological polar surface area (TPSA) is 80.0 Å². The lowest BCUT2D eigenvalue weighted by atomic mass is 9.96. The highest BCUT2D eigenvalue weighted by Crippen LogP contribution is 2.36. The van der Waals surface area contributed by atoms with Gasteiger partial charge in [-0.15, -0.1) is 5.10 Å². The van der Waals surface area contributed by atoms with Crippen LogP contribution >= 0.6 is 0 Å². The van der Waals surface area contributed by atoms with E-state index in [1.54, 1.807) is 4.68 Å². The molecule has 0 aromatic carbocycles. The molecule has 0 unspecified atom stereocenters. The Labute approximate surface area is 148 Å². The Balaban J connectivity index is 1.63. The molecule has 0 amide bonds. The number of aromatic nitrogens is 5. The third-order valence-corrected chi connectivity index (χ3v) is 5.34. The molecule has 3 heterocycles. The van der Waals surface area contributed by atoms with Gasteiger partial charge in [-0.25, -0.2) is 14.6 Å². The van der Waals surface area contributed by atoms with Crippen molar-refractivity contribution in [3.05, 3.63) is 29.0 Å². The first kappa shape index (κ1) is 16.4. The maximum absolute atomic E-state index is 11.2. The van der Waals surface area contributed by atoms with Gasteiger partial charge in [-0.3, -0.25) is 0 Å². The highest BCUT2D eigenvalue weighted by Gasteiger charge is 2.41. The molecule has 4 rings (SSSR count). The minimum atomic E-state index is -0.965. The largest absolute Gasteiger partial charge is 0.381 e. The van der Waals surface area contributed by atoms with Gasteiger partial charge >= 0.3 is 0 Å². The zero-order valence-corrected chi connectivity index (χ0v) is 15.2. The first-order chi connectivity index (χ1) is 12.0. The van der Waals surface area contributed by atoms with Gasteiger partial charge in [0.2, 0.25) is 0 Å². The fourth-order valence-electron chi connectivity index (χ4n) is 3.88. The van der Waals surface area contributed by atoms with E-state index in [0.717, 1.165) is 31.0 Å². The fraction of sp³-hybridized carbons (Fsp3) is 0.667. The SMILES string of the molecule is Cc1nc2c(c(N3CC[C@](O)(c4cn(C(C)C)nn4)C3)n1)CCCC2. The zero-order valence-electron chi connectivity index (χ0n) is 15.2. The van der Waals surface area contributed by atoms with E-state index in [2.05, 4.69) is 34.0 Å². The molecule has 0 spiro atoms. The molecular formula is C18H26N6O. The molecule has 134 valence electrons. The van der Waals surface area contributed by atoms with Crippen LogP contribution in [0, 0.1) is 6.92 Å². The van der Waals surface area contributed by atoms with E-state index >= 15 is 0 Å². The van der Waals surface area contributed by atoms with Gasteiger partial charge in [-0.2, -0.15) is 0 Å². The third-order valence-electron chi connectivity index (χ3n) is 5.34. The van der Waals surface area contributed by atoms with Crippen molar-refractivity contribution < 1.29 is 5.11 Å². The summed E-state index contributed by atoms with van der Waals surface area (Å²) in [6.45, 7) is 7.34. The van der Waals surface area contributed by atoms with Gasteiger partial charge in [0.1, 0.15) is 22.9 Å². The van der Waals surface area contributed by atoms with Crippen LogP contribution in [0.2, 0.25) is 0 Å². The Morgan fingerprint density at radius 2 is 2.00 bits per heavy atom. The number of fused-ring (bicyclic) bond motifs is 1. The van der Waals surface area contributed by atoms with Gasteiger partial charge < -0.3 is 10.0 Å². The summed E-state index contributed by atoms with van der Waals surface area (Å²) < 4.78 is 1.80. The predicted octanol–water partition coefficient (Wildman–Crippen LogP) is 1.93. The van der Waals surface area contributed by atoms with E-state index < -0.39 is 5.60 Å². The van der Waals surface area contributed by atoms with E-state index in [9.17, 15) is 5.11 Å². The van der Waals surface area contributed by atoms with Gasteiger partial charge in [-0.05, 0) is 46.5 Å². The number of hydrogen-bond acceptors (Lipinski definition) is 6. The number of aryl methyl sites for hydroxylation is 2. The summed E-state index contributed by atoms with van der Waals surface area (Å²) in [4.78, 5) is 11.6. The molecular weight excluding hydrogens is 316 g/mol. The molecule has 0 saturated carbocycles. The quantitative estimate of drug-likeness (QED) is 0.918. The smallest absolute Gasteiger partial charge is 0.135 e. The predicted molar refractivity (Wildman–Crippen MR) is 94.5 cm³/mol. The molecule has 1 atom stereocenters. The molecule has 2 aromatic heterocycles. The van der Waals surface area contributed by atoms with Crippen molar-refractivity contribution >= 4 is 5.82 Å². The second-order valence-corrected chi connectivity index (χ2v) is 7.61. The number of β-amino-alcohol motifs (C(OH)–C–C–N with tert-alkyl or cyclic N) is 1. The summed E-state index contributed by atoms with van der Waals surface area (Å²) in [5, 5.41) is 19.5. The molecule has 25 heavy (non-hydrogen) atoms. The average molecular weight is 342 g/mol. The normalized spacial score (nSPS) is 23.3. The fourth-order valence-corrected chi connectivity index (χ4v) is 3.88. The molecule has 2 aromatic rings. The van der Waals surface area contributed by atoms with Crippen molar-refractivity contribution in [3.63, 3.8) is 0 Å². The number of aliphatic hydroxyl groups is 1. The van der Waals surface area contributed by atoms with E-state index in [1.165, 1.54) is 24.1 Å². The first-order valence-electron chi connectivity index (χ1n) is 9.22. The summed E-state index contributed by atoms with van der Waals surface area (Å²) in [6.07, 6.45) is 6.96. The van der Waals surface area contributed by atoms with Gasteiger partial charge in [0.15, 0.2) is 0 Å². The summed E-state index contributed by atoms with van der Waals surface area (Å²) in [7, 11) is 0. The molecule has 1 N–H and O–H groups in total. The first-order valence-corrected chi connectivity index (χ1v) is 9.22. The second-order valence-electron chi connectivity index (χ2n) is 7.61. The Morgan fingerprint density at radius 3 is 2.76 bits per heavy atom. The molecule has 0 radical (unpaired) electrons. The van der Waals surface area contributed by atoms with Crippen LogP contribution in [0.4, 0.5) is 5.82 Å². The van der Waals surface area contributed by atoms with E-state index in [0.29, 0.717) is 18.7 Å². The van der Waals surface area contributed by atoms with Gasteiger partial charge in [0.05, 0.1) is 12.7 Å². The summed E-state index contributed by atoms with van der Waals surface area (Å²) >= 11 is 0. The maximum atomic E-state index is 11.2. The lowest BCUT2D eigenvalue weighted by Gasteiger charge is -2.26. The van der Waals surface area contributed by atoms with Crippen LogP contribution in [-0.2, 0) is 18.4 Å². The molecule has 1 fully saturated rings. The van der Waals surface area contributed by atoms with Crippen LogP contribution < -0.4 is 4.90 Å². The van der Waals surface area contributed by atoms with Crippen molar-refractivity contribution in [3.8, 4) is 0 Å². The standard InChI is InChI=1S/C18H26N6O/c1-12(2)24-10-16(21-22-24)18(25)8-9-23(11-18)17-14-6-4-5-7-15(14)19-13(3)20-17/h10,12,25H,4-9,11H2,1-3H3/t18-/m1/s1. The maximum Gasteiger partial charge on any atom is 0.135 e. The summed E-state index contributed by atoms with van der Waals surface area (Å²) in [6, 6.07) is 0.235. The minimum absolute atomic E-state index is 0.235. The van der Waals surface area contributed by atoms with E-state index in [4.69, 9.17) is 4.98 Å². The molecule has 7 nitrogen and oxygen atoms in total. The highest BCUT2D eigenvalue weighted by atomic mass is 16.3. The number of nitrogens with zero attached hydrogens (tertiary/aromatic N) is 6. The molecule has 0 bridgehead atoms. The zero-order chi connectivity index (χ0) is 17.6. The van der Waals surface area contributed by atoms with Gasteiger partial charge in [0, 0.05) is 30.3 Å². The van der Waals surface area contributed by atoms with Crippen LogP contribution in [-0.4, -0.2) is 43.2 Å². The molecule has 1 saturated heterocycles. The van der Waals surface area contributed by atoms with Crippen LogP contribution in [0.1, 0.15) is 61.9 Å². The number of anilines is 1. The Morgan fingerprint density at radius 1 is 1.20 bits per heavy atom. The van der Waals surface area contributed by atoms with Crippen LogP contribution in [0.5, 0.6) is 0 Å². The van der Waals surface area contributed by atoms with Gasteiger partial charge in [0.25, 0.3) is 0 Å². The average Bonchev–Trinajstić information content (AvgIpc) is 3.22. The lowest BCUT2D eigenvalue weighted by molar-refractivity contribution is 0.0558. The van der Waals surface area contributed by atoms with Crippen molar-refractivity contribution in [2.45, 2.75) is 64.5 Å². The highest BCUT2D eigenvalue weighted by molar-refractivity contribution is 5.52. The van der Waals surface area contributed by atoms with Crippen molar-refractivity contribution in [1.82, 2.24) is 25.0 Å². The van der Waals surface area contributed by atoms with Gasteiger partial charge in [-0.1, -0.05) is 5.21 Å². The van der Waals surface area contributed by atoms with Crippen LogP contribution in [0.15, 0.2) is 6.20 Å². The number of hydrogen-bond donors (Lipinski definition) is 1. The molecule has 2 aliphatic rings. The Bertz CT molecular complexity index is 786. The third kappa shape index (κ3) is 2.90. The summed E-state index contributed by atoms with van der Waals surface area (Å²) in [5.41, 5.74) is 2.15. The van der Waals surface area contributed by atoms with Crippen LogP contribution in [0.25, 0.3) is 0 Å². The van der Waals surface area contributed by atoms with Crippen LogP contribution in [0.3, 0.4) is 0 Å². The Hall–Kier alpha value is -2.02. The number of rotatable bonds is 3. The monoisotopic (exact) mass is 342 g/mol. The second kappa shape index (κ2) is 6.05.